The van der Waals surface area contributed by atoms with Gasteiger partial charge in [-0.25, -0.2) is 9.19 Å². The summed E-state index contributed by atoms with van der Waals surface area (Å²) in [6.07, 6.45) is 1.17. The number of nitrogens with zero attached hydrogens (tertiary/aromatic N) is 3. The number of nitro groups is 1. The van der Waals surface area contributed by atoms with E-state index in [1.165, 1.54) is 19.4 Å². The zero-order valence-electron chi connectivity index (χ0n) is 10.4. The highest BCUT2D eigenvalue weighted by Crippen LogP contribution is 2.30. The van der Waals surface area contributed by atoms with E-state index >= 15 is 0 Å². The number of hydrogen-bond donors (Lipinski definition) is 1. The summed E-state index contributed by atoms with van der Waals surface area (Å²) in [6.45, 7) is 0.868. The van der Waals surface area contributed by atoms with Crippen molar-refractivity contribution < 1.29 is 13.9 Å². The molecule has 8 nitrogen and oxygen atoms in total. The molecule has 1 aliphatic heterocycles. The molecule has 0 atom stereocenters. The molecule has 1 fully saturated rings. The highest BCUT2D eigenvalue weighted by molar-refractivity contribution is 7.92. The predicted octanol–water partition coefficient (Wildman–Crippen LogP) is 0.865. The van der Waals surface area contributed by atoms with Crippen molar-refractivity contribution in [2.75, 3.05) is 36.6 Å². The van der Waals surface area contributed by atoms with E-state index in [1.54, 1.807) is 0 Å². The third-order valence-electron chi connectivity index (χ3n) is 2.93. The van der Waals surface area contributed by atoms with Crippen LogP contribution in [0.3, 0.4) is 0 Å². The molecule has 2 heterocycles. The van der Waals surface area contributed by atoms with Gasteiger partial charge < -0.3 is 9.64 Å². The van der Waals surface area contributed by atoms with Gasteiger partial charge in [0, 0.05) is 34.3 Å². The van der Waals surface area contributed by atoms with Gasteiger partial charge in [-0.15, -0.1) is 0 Å². The molecule has 1 aromatic rings. The molecule has 1 aliphatic rings. The number of rotatable bonds is 3. The highest BCUT2D eigenvalue weighted by Gasteiger charge is 2.23. The fourth-order valence-electron chi connectivity index (χ4n) is 1.86. The van der Waals surface area contributed by atoms with Gasteiger partial charge in [-0.3, -0.25) is 14.9 Å². The lowest BCUT2D eigenvalue weighted by atomic mass is 10.3. The van der Waals surface area contributed by atoms with Crippen LogP contribution in [-0.2, 0) is 9.73 Å². The molecule has 19 heavy (non-hydrogen) atoms. The van der Waals surface area contributed by atoms with Gasteiger partial charge >= 0.3 is 0 Å². The van der Waals surface area contributed by atoms with Crippen molar-refractivity contribution in [1.82, 2.24) is 4.98 Å². The number of anilines is 1. The fourth-order valence-corrected chi connectivity index (χ4v) is 3.09. The second kappa shape index (κ2) is 5.00. The quantitative estimate of drug-likeness (QED) is 0.652. The minimum atomic E-state index is -2.48. The molecule has 0 aromatic carbocycles. The largest absolute Gasteiger partial charge is 0.493 e. The average molecular weight is 286 g/mol. The summed E-state index contributed by atoms with van der Waals surface area (Å²) in [6, 6.07) is 1.31. The Kier molecular flexibility index (Phi) is 3.56. The molecule has 0 spiro atoms. The van der Waals surface area contributed by atoms with Gasteiger partial charge in [-0.05, 0) is 0 Å². The van der Waals surface area contributed by atoms with Crippen LogP contribution < -0.4 is 9.64 Å². The molecule has 1 N–H and O–H groups in total. The van der Waals surface area contributed by atoms with Crippen molar-refractivity contribution in [3.63, 3.8) is 0 Å². The maximum atomic E-state index is 11.6. The highest BCUT2D eigenvalue weighted by atomic mass is 32.2. The zero-order valence-corrected chi connectivity index (χ0v) is 11.2. The maximum Gasteiger partial charge on any atom is 0.291 e. The van der Waals surface area contributed by atoms with E-state index in [9.17, 15) is 14.3 Å². The maximum absolute atomic E-state index is 11.6. The van der Waals surface area contributed by atoms with Crippen molar-refractivity contribution in [3.8, 4) is 5.75 Å². The van der Waals surface area contributed by atoms with E-state index < -0.39 is 14.7 Å². The Hall–Kier alpha value is -1.90. The van der Waals surface area contributed by atoms with Crippen LogP contribution in [-0.4, -0.2) is 45.8 Å². The van der Waals surface area contributed by atoms with Crippen LogP contribution in [0.15, 0.2) is 12.3 Å². The molecule has 9 heteroatoms. The first-order valence-electron chi connectivity index (χ1n) is 5.60. The van der Waals surface area contributed by atoms with E-state index in [0.29, 0.717) is 24.7 Å². The summed E-state index contributed by atoms with van der Waals surface area (Å²) in [4.78, 5) is 16.0. The van der Waals surface area contributed by atoms with Crippen LogP contribution in [0.1, 0.15) is 0 Å². The fraction of sp³-hybridized carbons (Fsp3) is 0.500. The molecule has 0 amide bonds. The lowest BCUT2D eigenvalue weighted by Crippen LogP contribution is -2.40. The third kappa shape index (κ3) is 2.92. The topological polar surface area (TPSA) is 109 Å². The second-order valence-corrected chi connectivity index (χ2v) is 6.62. The summed E-state index contributed by atoms with van der Waals surface area (Å²) in [7, 11) is -1.06. The molecule has 0 radical (unpaired) electrons. The normalized spacial score (nSPS) is 18.1. The van der Waals surface area contributed by atoms with Gasteiger partial charge in [-0.2, -0.15) is 0 Å². The number of hydrogen-bond acceptors (Lipinski definition) is 7. The van der Waals surface area contributed by atoms with E-state index in [2.05, 4.69) is 4.98 Å². The molecule has 1 saturated heterocycles. The summed E-state index contributed by atoms with van der Waals surface area (Å²) in [5, 5.41) is 10.7. The van der Waals surface area contributed by atoms with Crippen molar-refractivity contribution in [2.24, 2.45) is 0 Å². The van der Waals surface area contributed by atoms with Gasteiger partial charge in [0.15, 0.2) is 11.6 Å². The second-order valence-electron chi connectivity index (χ2n) is 4.18. The molecule has 0 bridgehead atoms. The van der Waals surface area contributed by atoms with Gasteiger partial charge in [-0.1, -0.05) is 0 Å². The molecule has 104 valence electrons. The lowest BCUT2D eigenvalue weighted by Gasteiger charge is -2.29. The Balaban J connectivity index is 2.28. The monoisotopic (exact) mass is 286 g/mol. The van der Waals surface area contributed by atoms with E-state index in [-0.39, 0.29) is 17.2 Å². The predicted molar refractivity (Wildman–Crippen MR) is 70.3 cm³/mol. The number of methoxy groups -OCH3 is 1. The standard InChI is InChI=1S/C10H14N4O4S/c1-18-9-6-8(14(15)16)7-12-10(9)13-2-4-19(11,17)5-3-13/h6-7,11H,2-5H2,1H3. The smallest absolute Gasteiger partial charge is 0.291 e. The summed E-state index contributed by atoms with van der Waals surface area (Å²) in [5.74, 6) is 1.35. The van der Waals surface area contributed by atoms with Gasteiger partial charge in [0.2, 0.25) is 0 Å². The Morgan fingerprint density at radius 1 is 1.53 bits per heavy atom. The Morgan fingerprint density at radius 2 is 2.16 bits per heavy atom. The molecular weight excluding hydrogens is 272 g/mol. The van der Waals surface area contributed by atoms with Crippen LogP contribution in [0.2, 0.25) is 0 Å². The van der Waals surface area contributed by atoms with E-state index in [1.807, 2.05) is 4.90 Å². The summed E-state index contributed by atoms with van der Waals surface area (Å²) in [5.41, 5.74) is -0.137. The van der Waals surface area contributed by atoms with E-state index in [0.717, 1.165) is 0 Å². The van der Waals surface area contributed by atoms with Crippen molar-refractivity contribution in [1.29, 1.82) is 4.78 Å². The molecule has 1 aromatic heterocycles. The van der Waals surface area contributed by atoms with Crippen LogP contribution >= 0.6 is 0 Å². The van der Waals surface area contributed by atoms with Crippen molar-refractivity contribution in [3.05, 3.63) is 22.4 Å². The zero-order chi connectivity index (χ0) is 14.0. The summed E-state index contributed by atoms with van der Waals surface area (Å²) >= 11 is 0. The number of aromatic nitrogens is 1. The first kappa shape index (κ1) is 13.5. The van der Waals surface area contributed by atoms with Gasteiger partial charge in [0.25, 0.3) is 5.69 Å². The first-order valence-corrected chi connectivity index (χ1v) is 7.50. The number of ether oxygens (including phenoxy) is 1. The minimum Gasteiger partial charge on any atom is -0.493 e. The lowest BCUT2D eigenvalue weighted by molar-refractivity contribution is -0.385. The van der Waals surface area contributed by atoms with Crippen molar-refractivity contribution in [2.45, 2.75) is 0 Å². The average Bonchev–Trinajstić information content (AvgIpc) is 2.38. The minimum absolute atomic E-state index is 0.137. The Bertz CT molecular complexity index is 588. The van der Waals surface area contributed by atoms with Crippen LogP contribution in [0.5, 0.6) is 5.75 Å². The SMILES string of the molecule is COc1cc([N+](=O)[O-])cnc1N1CCS(=N)(=O)CC1. The van der Waals surface area contributed by atoms with Crippen LogP contribution in [0.25, 0.3) is 0 Å². The molecule has 0 unspecified atom stereocenters. The summed E-state index contributed by atoms with van der Waals surface area (Å²) < 4.78 is 24.2. The van der Waals surface area contributed by atoms with E-state index in [4.69, 9.17) is 9.52 Å². The molecular formula is C10H14N4O4S. The Labute approximate surface area is 110 Å². The van der Waals surface area contributed by atoms with Gasteiger partial charge in [0.05, 0.1) is 18.1 Å². The van der Waals surface area contributed by atoms with Crippen LogP contribution in [0, 0.1) is 14.9 Å². The van der Waals surface area contributed by atoms with Crippen molar-refractivity contribution >= 4 is 21.2 Å². The molecule has 0 aliphatic carbocycles. The first-order chi connectivity index (χ1) is 8.93. The van der Waals surface area contributed by atoms with Gasteiger partial charge in [0.1, 0.15) is 6.20 Å². The number of nitrogens with one attached hydrogen (secondary N) is 1. The third-order valence-corrected chi connectivity index (χ3v) is 4.61. The molecule has 2 rings (SSSR count). The van der Waals surface area contributed by atoms with Crippen LogP contribution in [0.4, 0.5) is 11.5 Å². The Morgan fingerprint density at radius 3 is 2.68 bits per heavy atom. The molecule has 0 saturated carbocycles. The number of pyridine rings is 1.